The zero-order valence-electron chi connectivity index (χ0n) is 22.2. The second-order valence-electron chi connectivity index (χ2n) is 10.1. The second-order valence-corrected chi connectivity index (χ2v) is 10.1. The number of nitrogens with zero attached hydrogens (tertiary/aromatic N) is 3. The Labute approximate surface area is 224 Å². The lowest BCUT2D eigenvalue weighted by Crippen LogP contribution is -2.49. The van der Waals surface area contributed by atoms with Gasteiger partial charge in [0.15, 0.2) is 0 Å². The van der Waals surface area contributed by atoms with E-state index >= 15 is 0 Å². The summed E-state index contributed by atoms with van der Waals surface area (Å²) in [6.07, 6.45) is 3.61. The van der Waals surface area contributed by atoms with Crippen molar-refractivity contribution in [1.29, 1.82) is 0 Å². The second kappa shape index (κ2) is 12.7. The molecule has 0 radical (unpaired) electrons. The largest absolute Gasteiger partial charge is 0.488 e. The van der Waals surface area contributed by atoms with Gasteiger partial charge in [-0.2, -0.15) is 0 Å². The van der Waals surface area contributed by atoms with Crippen LogP contribution in [0.2, 0.25) is 0 Å². The van der Waals surface area contributed by atoms with Gasteiger partial charge in [-0.3, -0.25) is 19.5 Å². The molecule has 0 bridgehead atoms. The highest BCUT2D eigenvalue weighted by atomic mass is 16.5. The van der Waals surface area contributed by atoms with Crippen molar-refractivity contribution in [2.24, 2.45) is 5.92 Å². The van der Waals surface area contributed by atoms with Crippen LogP contribution in [0.4, 0.5) is 5.69 Å². The molecule has 0 spiro atoms. The van der Waals surface area contributed by atoms with Crippen LogP contribution >= 0.6 is 0 Å². The van der Waals surface area contributed by atoms with Gasteiger partial charge in [-0.05, 0) is 55.4 Å². The number of ether oxygens (including phenoxy) is 1. The number of benzene rings is 2. The number of hydrogen-bond donors (Lipinski definition) is 2. The lowest BCUT2D eigenvalue weighted by Gasteiger charge is -2.38. The number of likely N-dealkylation sites (N-methyl/N-ethyl adjacent to an activating group) is 1. The lowest BCUT2D eigenvalue weighted by atomic mass is 9.99. The molecule has 0 saturated heterocycles. The number of nitrogens with one attached hydrogen (secondary N) is 1. The van der Waals surface area contributed by atoms with Crippen LogP contribution < -0.4 is 10.1 Å². The van der Waals surface area contributed by atoms with Crippen LogP contribution in [-0.4, -0.2) is 70.6 Å². The Balaban J connectivity index is 1.56. The molecule has 0 fully saturated rings. The molecule has 0 saturated carbocycles. The number of aliphatic hydroxyl groups excluding tert-OH is 1. The average Bonchev–Trinajstić information content (AvgIpc) is 2.91. The summed E-state index contributed by atoms with van der Waals surface area (Å²) in [5, 5.41) is 12.8. The van der Waals surface area contributed by atoms with Crippen LogP contribution in [0.15, 0.2) is 73.1 Å². The third-order valence-electron chi connectivity index (χ3n) is 6.85. The highest BCUT2D eigenvalue weighted by molar-refractivity contribution is 6.00. The monoisotopic (exact) mass is 516 g/mol. The number of aromatic nitrogens is 1. The van der Waals surface area contributed by atoms with Crippen molar-refractivity contribution in [2.45, 2.75) is 39.0 Å². The summed E-state index contributed by atoms with van der Waals surface area (Å²) in [5.74, 6) is 0.0997. The quantitative estimate of drug-likeness (QED) is 0.451. The molecule has 8 nitrogen and oxygen atoms in total. The van der Waals surface area contributed by atoms with Crippen molar-refractivity contribution in [3.8, 4) is 5.75 Å². The summed E-state index contributed by atoms with van der Waals surface area (Å²) in [7, 11) is 2.04. The van der Waals surface area contributed by atoms with Crippen LogP contribution in [0.5, 0.6) is 5.75 Å². The maximum Gasteiger partial charge on any atom is 0.258 e. The molecule has 2 amide bonds. The number of aliphatic hydroxyl groups is 1. The van der Waals surface area contributed by atoms with Gasteiger partial charge in [-0.1, -0.05) is 37.3 Å². The van der Waals surface area contributed by atoms with Crippen LogP contribution in [-0.2, 0) is 17.8 Å². The van der Waals surface area contributed by atoms with E-state index in [1.165, 1.54) is 0 Å². The van der Waals surface area contributed by atoms with Crippen LogP contribution in [0.25, 0.3) is 0 Å². The predicted molar refractivity (Wildman–Crippen MR) is 147 cm³/mol. The van der Waals surface area contributed by atoms with Gasteiger partial charge in [0.2, 0.25) is 5.91 Å². The number of fused-ring (bicyclic) bond motifs is 1. The van der Waals surface area contributed by atoms with Crippen molar-refractivity contribution >= 4 is 17.5 Å². The fourth-order valence-corrected chi connectivity index (χ4v) is 4.68. The van der Waals surface area contributed by atoms with E-state index < -0.39 is 0 Å². The smallest absolute Gasteiger partial charge is 0.258 e. The molecule has 4 rings (SSSR count). The summed E-state index contributed by atoms with van der Waals surface area (Å²) in [6.45, 7) is 5.59. The predicted octanol–water partition coefficient (Wildman–Crippen LogP) is 3.61. The van der Waals surface area contributed by atoms with E-state index in [9.17, 15) is 14.7 Å². The minimum atomic E-state index is -0.359. The Kier molecular flexibility index (Phi) is 9.10. The van der Waals surface area contributed by atoms with Gasteiger partial charge < -0.3 is 20.1 Å². The number of hydrogen-bond acceptors (Lipinski definition) is 6. The Morgan fingerprint density at radius 2 is 1.89 bits per heavy atom. The summed E-state index contributed by atoms with van der Waals surface area (Å²) in [6, 6.07) is 18.3. The van der Waals surface area contributed by atoms with E-state index in [2.05, 4.69) is 22.1 Å². The first-order chi connectivity index (χ1) is 18.3. The molecule has 2 aromatic carbocycles. The molecule has 8 heteroatoms. The maximum atomic E-state index is 13.6. The Morgan fingerprint density at radius 3 is 2.61 bits per heavy atom. The minimum absolute atomic E-state index is 0.0197. The first-order valence-electron chi connectivity index (χ1n) is 13.0. The van der Waals surface area contributed by atoms with Gasteiger partial charge in [0.05, 0.1) is 24.6 Å². The molecule has 0 unspecified atom stereocenters. The van der Waals surface area contributed by atoms with Gasteiger partial charge in [0.25, 0.3) is 5.91 Å². The summed E-state index contributed by atoms with van der Waals surface area (Å²) < 4.78 is 6.47. The molecule has 1 aliphatic heterocycles. The van der Waals surface area contributed by atoms with Crippen LogP contribution in [0.1, 0.15) is 35.3 Å². The molecule has 2 heterocycles. The Hall–Kier alpha value is -3.75. The normalized spacial score (nSPS) is 18.2. The summed E-state index contributed by atoms with van der Waals surface area (Å²) in [4.78, 5) is 34.3. The van der Waals surface area contributed by atoms with Gasteiger partial charge >= 0.3 is 0 Å². The fourth-order valence-electron chi connectivity index (χ4n) is 4.68. The SMILES string of the molecule is C[C@@H]1CN([C@@H](C)CO)C(=O)c2cc(NC(=O)Cc3ccccc3)ccc2O[C@H]1CN(C)Cc1ccncc1. The molecule has 3 aromatic rings. The average molecular weight is 517 g/mol. The van der Waals surface area contributed by atoms with E-state index in [-0.39, 0.29) is 42.9 Å². The molecule has 38 heavy (non-hydrogen) atoms. The Bertz CT molecular complexity index is 1220. The molecule has 1 aliphatic rings. The van der Waals surface area contributed by atoms with E-state index in [4.69, 9.17) is 4.74 Å². The van der Waals surface area contributed by atoms with E-state index in [1.807, 2.05) is 56.4 Å². The third kappa shape index (κ3) is 6.96. The van der Waals surface area contributed by atoms with Crippen LogP contribution in [0.3, 0.4) is 0 Å². The first kappa shape index (κ1) is 27.3. The van der Waals surface area contributed by atoms with Crippen molar-refractivity contribution in [2.75, 3.05) is 32.1 Å². The van der Waals surface area contributed by atoms with Crippen LogP contribution in [0, 0.1) is 5.92 Å². The van der Waals surface area contributed by atoms with E-state index in [1.54, 1.807) is 35.5 Å². The number of anilines is 1. The van der Waals surface area contributed by atoms with Gasteiger partial charge in [-0.15, -0.1) is 0 Å². The van der Waals surface area contributed by atoms with Gasteiger partial charge in [-0.25, -0.2) is 0 Å². The van der Waals surface area contributed by atoms with Crippen molar-refractivity contribution in [1.82, 2.24) is 14.8 Å². The Morgan fingerprint density at radius 1 is 1.16 bits per heavy atom. The number of pyridine rings is 1. The zero-order chi connectivity index (χ0) is 27.1. The molecular formula is C30H36N4O4. The third-order valence-corrected chi connectivity index (χ3v) is 6.85. The minimum Gasteiger partial charge on any atom is -0.488 e. The van der Waals surface area contributed by atoms with Gasteiger partial charge in [0, 0.05) is 43.6 Å². The maximum absolute atomic E-state index is 13.6. The summed E-state index contributed by atoms with van der Waals surface area (Å²) in [5.41, 5.74) is 2.96. The zero-order valence-corrected chi connectivity index (χ0v) is 22.2. The molecule has 1 aromatic heterocycles. The first-order valence-corrected chi connectivity index (χ1v) is 13.0. The standard InChI is InChI=1S/C30H36N4O4/c1-21-17-34(22(2)20-35)30(37)26-16-25(32-29(36)15-23-7-5-4-6-8-23)9-10-27(26)38-28(21)19-33(3)18-24-11-13-31-14-12-24/h4-14,16,21-22,28,35H,15,17-20H2,1-3H3,(H,32,36)/t21-,22+,28+/m1/s1. The number of amides is 2. The van der Waals surface area contributed by atoms with Crippen molar-refractivity contribution < 1.29 is 19.4 Å². The van der Waals surface area contributed by atoms with E-state index in [0.29, 0.717) is 30.1 Å². The van der Waals surface area contributed by atoms with Crippen molar-refractivity contribution in [3.05, 3.63) is 89.7 Å². The highest BCUT2D eigenvalue weighted by Gasteiger charge is 2.33. The van der Waals surface area contributed by atoms with Crippen molar-refractivity contribution in [3.63, 3.8) is 0 Å². The van der Waals surface area contributed by atoms with E-state index in [0.717, 1.165) is 17.7 Å². The lowest BCUT2D eigenvalue weighted by molar-refractivity contribution is -0.115. The fraction of sp³-hybridized carbons (Fsp3) is 0.367. The van der Waals surface area contributed by atoms with Gasteiger partial charge in [0.1, 0.15) is 11.9 Å². The molecular weight excluding hydrogens is 480 g/mol. The topological polar surface area (TPSA) is 95.0 Å². The molecule has 200 valence electrons. The molecule has 2 N–H and O–H groups in total. The summed E-state index contributed by atoms with van der Waals surface area (Å²) >= 11 is 0. The molecule has 3 atom stereocenters. The highest BCUT2D eigenvalue weighted by Crippen LogP contribution is 2.31. The number of rotatable bonds is 9. The number of carbonyl (C=O) groups excluding carboxylic acids is 2. The number of carbonyl (C=O) groups is 2. The molecule has 0 aliphatic carbocycles.